The molecule has 0 atom stereocenters. The summed E-state index contributed by atoms with van der Waals surface area (Å²) in [5.41, 5.74) is 2.85. The average molecular weight is 551 g/mol. The maximum Gasteiger partial charge on any atom is 0.270 e. The van der Waals surface area contributed by atoms with Crippen molar-refractivity contribution in [3.63, 3.8) is 0 Å². The number of piperazine rings is 1. The number of amides is 2. The second kappa shape index (κ2) is 10.6. The molecule has 3 fully saturated rings. The molecular weight excluding hydrogens is 516 g/mol. The monoisotopic (exact) mass is 550 g/mol. The molecule has 0 unspecified atom stereocenters. The molecule has 0 aliphatic carbocycles. The lowest BCUT2D eigenvalue weighted by atomic mass is 10.0. The molecule has 2 aromatic carbocycles. The number of likely N-dealkylation sites (tertiary alicyclic amines) is 1. The largest absolute Gasteiger partial charge is 0.347 e. The third-order valence-corrected chi connectivity index (χ3v) is 8.53. The van der Waals surface area contributed by atoms with Crippen molar-refractivity contribution in [3.05, 3.63) is 64.8 Å². The van der Waals surface area contributed by atoms with Gasteiger partial charge in [0.25, 0.3) is 11.8 Å². The van der Waals surface area contributed by atoms with Crippen LogP contribution in [0.25, 0.3) is 16.6 Å². The van der Waals surface area contributed by atoms with Crippen LogP contribution in [0.3, 0.4) is 0 Å². The molecule has 3 aliphatic heterocycles. The molecule has 4 heterocycles. The van der Waals surface area contributed by atoms with Crippen LogP contribution in [-0.2, 0) is 9.47 Å². The van der Waals surface area contributed by atoms with Gasteiger partial charge in [-0.3, -0.25) is 14.5 Å². The number of halogens is 1. The fraction of sp³-hybridized carbons (Fsp3) is 0.467. The first kappa shape index (κ1) is 26.3. The average Bonchev–Trinajstić information content (AvgIpc) is 3.57. The van der Waals surface area contributed by atoms with Crippen LogP contribution >= 0.6 is 11.6 Å². The van der Waals surface area contributed by atoms with Gasteiger partial charge >= 0.3 is 0 Å². The zero-order valence-electron chi connectivity index (χ0n) is 22.6. The SMILES string of the molecule is CC(C)N1CCN(C(=O)c2ccc3c(c2)cc(C(=O)N2CCC4(CC2)OCCO4)n3-c2cccc(Cl)c2)CC1. The summed E-state index contributed by atoms with van der Waals surface area (Å²) in [7, 11) is 0. The van der Waals surface area contributed by atoms with Gasteiger partial charge in [0.2, 0.25) is 0 Å². The Morgan fingerprint density at radius 1 is 0.846 bits per heavy atom. The molecule has 3 aromatic rings. The molecule has 1 aromatic heterocycles. The number of aromatic nitrogens is 1. The molecule has 206 valence electrons. The summed E-state index contributed by atoms with van der Waals surface area (Å²) in [4.78, 5) is 33.5. The number of carbonyl (C=O) groups excluding carboxylic acids is 2. The Balaban J connectivity index is 1.31. The molecular formula is C30H35ClN4O4. The van der Waals surface area contributed by atoms with Crippen LogP contribution in [0, 0.1) is 0 Å². The molecule has 0 N–H and O–H groups in total. The van der Waals surface area contributed by atoms with Crippen LogP contribution in [0.4, 0.5) is 0 Å². The van der Waals surface area contributed by atoms with Crippen molar-refractivity contribution in [3.8, 4) is 5.69 Å². The number of nitrogens with zero attached hydrogens (tertiary/aromatic N) is 4. The zero-order chi connectivity index (χ0) is 27.1. The molecule has 39 heavy (non-hydrogen) atoms. The number of ether oxygens (including phenoxy) is 2. The minimum atomic E-state index is -0.549. The van der Waals surface area contributed by atoms with Crippen LogP contribution < -0.4 is 0 Å². The molecule has 1 spiro atoms. The molecule has 0 radical (unpaired) electrons. The number of benzene rings is 2. The van der Waals surface area contributed by atoms with Gasteiger partial charge in [-0.2, -0.15) is 0 Å². The van der Waals surface area contributed by atoms with E-state index in [2.05, 4.69) is 18.7 Å². The molecule has 2 amide bonds. The first-order chi connectivity index (χ1) is 18.8. The van der Waals surface area contributed by atoms with Crippen molar-refractivity contribution in [1.29, 1.82) is 0 Å². The lowest BCUT2D eigenvalue weighted by Crippen LogP contribution is -2.50. The standard InChI is InChI=1S/C30H35ClN4O4/c1-21(2)32-12-14-34(15-13-32)28(36)22-6-7-26-23(18-22)19-27(35(26)25-5-3-4-24(31)20-25)29(37)33-10-8-30(9-11-33)38-16-17-39-30/h3-7,18-21H,8-17H2,1-2H3. The Bertz CT molecular complexity index is 1380. The van der Waals surface area contributed by atoms with E-state index in [1.54, 1.807) is 0 Å². The first-order valence-electron chi connectivity index (χ1n) is 13.9. The highest BCUT2D eigenvalue weighted by atomic mass is 35.5. The topological polar surface area (TPSA) is 67.2 Å². The van der Waals surface area contributed by atoms with Gasteiger partial charge in [0.15, 0.2) is 5.79 Å². The summed E-state index contributed by atoms with van der Waals surface area (Å²) in [5.74, 6) is -0.579. The Morgan fingerprint density at radius 3 is 2.21 bits per heavy atom. The predicted octanol–water partition coefficient (Wildman–Crippen LogP) is 4.43. The molecule has 9 heteroatoms. The third-order valence-electron chi connectivity index (χ3n) is 8.29. The van der Waals surface area contributed by atoms with Gasteiger partial charge in [0, 0.05) is 79.8 Å². The Labute approximate surface area is 234 Å². The van der Waals surface area contributed by atoms with Crippen molar-refractivity contribution < 1.29 is 19.1 Å². The zero-order valence-corrected chi connectivity index (χ0v) is 23.3. The molecule has 3 saturated heterocycles. The van der Waals surface area contributed by atoms with Crippen molar-refractivity contribution in [2.24, 2.45) is 0 Å². The van der Waals surface area contributed by atoms with E-state index in [-0.39, 0.29) is 11.8 Å². The van der Waals surface area contributed by atoms with Crippen LogP contribution in [0.1, 0.15) is 47.5 Å². The van der Waals surface area contributed by atoms with Gasteiger partial charge in [-0.1, -0.05) is 17.7 Å². The quantitative estimate of drug-likeness (QED) is 0.481. The number of rotatable bonds is 4. The summed E-state index contributed by atoms with van der Waals surface area (Å²) >= 11 is 6.36. The summed E-state index contributed by atoms with van der Waals surface area (Å²) in [6.45, 7) is 9.88. The summed E-state index contributed by atoms with van der Waals surface area (Å²) in [6.07, 6.45) is 1.30. The van der Waals surface area contributed by atoms with Crippen molar-refractivity contribution in [1.82, 2.24) is 19.3 Å². The van der Waals surface area contributed by atoms with E-state index >= 15 is 0 Å². The Hall–Kier alpha value is -2.91. The van der Waals surface area contributed by atoms with E-state index in [1.807, 2.05) is 62.9 Å². The fourth-order valence-corrected chi connectivity index (χ4v) is 6.21. The number of carbonyl (C=O) groups is 2. The highest BCUT2D eigenvalue weighted by Crippen LogP contribution is 2.33. The molecule has 0 bridgehead atoms. The lowest BCUT2D eigenvalue weighted by Gasteiger charge is -2.37. The summed E-state index contributed by atoms with van der Waals surface area (Å²) in [5, 5.41) is 1.44. The van der Waals surface area contributed by atoms with Crippen LogP contribution in [0.2, 0.25) is 5.02 Å². The maximum absolute atomic E-state index is 13.9. The molecule has 8 nitrogen and oxygen atoms in total. The van der Waals surface area contributed by atoms with Crippen LogP contribution in [0.5, 0.6) is 0 Å². The fourth-order valence-electron chi connectivity index (χ4n) is 6.02. The Kier molecular flexibility index (Phi) is 7.14. The van der Waals surface area contributed by atoms with Crippen LogP contribution in [0.15, 0.2) is 48.5 Å². The number of fused-ring (bicyclic) bond motifs is 1. The minimum absolute atomic E-state index is 0.0292. The van der Waals surface area contributed by atoms with Gasteiger partial charge < -0.3 is 23.8 Å². The van der Waals surface area contributed by atoms with E-state index in [0.717, 1.165) is 29.7 Å². The van der Waals surface area contributed by atoms with Crippen molar-refractivity contribution >= 4 is 34.3 Å². The normalized spacial score (nSPS) is 19.9. The molecule has 0 saturated carbocycles. The van der Waals surface area contributed by atoms with Gasteiger partial charge in [-0.15, -0.1) is 0 Å². The molecule has 3 aliphatic rings. The van der Waals surface area contributed by atoms with Crippen LogP contribution in [-0.4, -0.2) is 95.4 Å². The van der Waals surface area contributed by atoms with E-state index in [1.165, 1.54) is 0 Å². The molecule has 6 rings (SSSR count). The first-order valence-corrected chi connectivity index (χ1v) is 14.2. The smallest absolute Gasteiger partial charge is 0.270 e. The van der Waals surface area contributed by atoms with Gasteiger partial charge in [-0.05, 0) is 56.3 Å². The third kappa shape index (κ3) is 5.07. The minimum Gasteiger partial charge on any atom is -0.347 e. The highest BCUT2D eigenvalue weighted by Gasteiger charge is 2.41. The van der Waals surface area contributed by atoms with Gasteiger partial charge in [0.1, 0.15) is 5.69 Å². The van der Waals surface area contributed by atoms with Crippen molar-refractivity contribution in [2.75, 3.05) is 52.5 Å². The summed E-state index contributed by atoms with van der Waals surface area (Å²) < 4.78 is 13.7. The predicted molar refractivity (Wildman–Crippen MR) is 151 cm³/mol. The second-order valence-electron chi connectivity index (χ2n) is 10.9. The van der Waals surface area contributed by atoms with Crippen molar-refractivity contribution in [2.45, 2.75) is 38.5 Å². The van der Waals surface area contributed by atoms with Gasteiger partial charge in [0.05, 0.1) is 18.7 Å². The van der Waals surface area contributed by atoms with E-state index in [9.17, 15) is 9.59 Å². The van der Waals surface area contributed by atoms with E-state index in [4.69, 9.17) is 21.1 Å². The lowest BCUT2D eigenvalue weighted by molar-refractivity contribution is -0.181. The van der Waals surface area contributed by atoms with E-state index < -0.39 is 5.79 Å². The Morgan fingerprint density at radius 2 is 1.54 bits per heavy atom. The van der Waals surface area contributed by atoms with E-state index in [0.29, 0.717) is 74.6 Å². The highest BCUT2D eigenvalue weighted by molar-refractivity contribution is 6.30. The number of hydrogen-bond donors (Lipinski definition) is 0. The summed E-state index contributed by atoms with van der Waals surface area (Å²) in [6, 6.07) is 15.6. The second-order valence-corrected chi connectivity index (χ2v) is 11.4. The maximum atomic E-state index is 13.9. The number of hydrogen-bond acceptors (Lipinski definition) is 5. The number of piperidine rings is 1. The van der Waals surface area contributed by atoms with Gasteiger partial charge in [-0.25, -0.2) is 0 Å².